The zero-order chi connectivity index (χ0) is 12.1. The third kappa shape index (κ3) is 3.56. The Labute approximate surface area is 102 Å². The Kier molecular flexibility index (Phi) is 4.86. The lowest BCUT2D eigenvalue weighted by molar-refractivity contribution is -0.387. The highest BCUT2D eigenvalue weighted by molar-refractivity contribution is 9.09. The fourth-order valence-electron chi connectivity index (χ4n) is 1.50. The molecular weight excluding hydrogens is 277 g/mol. The average molecular weight is 290 g/mol. The Morgan fingerprint density at radius 1 is 1.56 bits per heavy atom. The lowest BCUT2D eigenvalue weighted by atomic mass is 10.1. The molecule has 1 aromatic rings. The highest BCUT2D eigenvalue weighted by Gasteiger charge is 2.15. The molecule has 0 heterocycles. The van der Waals surface area contributed by atoms with Crippen molar-refractivity contribution in [2.45, 2.75) is 31.0 Å². The van der Waals surface area contributed by atoms with Gasteiger partial charge in [-0.1, -0.05) is 35.3 Å². The van der Waals surface area contributed by atoms with E-state index < -0.39 is 16.4 Å². The van der Waals surface area contributed by atoms with Gasteiger partial charge in [0, 0.05) is 10.9 Å². The molecule has 0 bridgehead atoms. The van der Waals surface area contributed by atoms with Crippen molar-refractivity contribution in [1.29, 1.82) is 0 Å². The quantitative estimate of drug-likeness (QED) is 0.470. The SMILES string of the molecule is CCCC(Br)Cc1ccc(F)c([N+](=O)[O-])c1. The summed E-state index contributed by atoms with van der Waals surface area (Å²) in [5.41, 5.74) is 0.331. The van der Waals surface area contributed by atoms with Crippen molar-refractivity contribution in [2.24, 2.45) is 0 Å². The number of nitrogens with zero attached hydrogens (tertiary/aromatic N) is 1. The van der Waals surface area contributed by atoms with Crippen LogP contribution in [0.2, 0.25) is 0 Å². The van der Waals surface area contributed by atoms with Crippen LogP contribution in [0, 0.1) is 15.9 Å². The number of hydrogen-bond acceptors (Lipinski definition) is 2. The highest BCUT2D eigenvalue weighted by atomic mass is 79.9. The number of hydrogen-bond donors (Lipinski definition) is 0. The molecule has 0 amide bonds. The van der Waals surface area contributed by atoms with E-state index in [1.54, 1.807) is 6.07 Å². The van der Waals surface area contributed by atoms with Gasteiger partial charge in [-0.25, -0.2) is 0 Å². The second kappa shape index (κ2) is 5.94. The van der Waals surface area contributed by atoms with Crippen LogP contribution in [0.25, 0.3) is 0 Å². The molecule has 3 nitrogen and oxygen atoms in total. The van der Waals surface area contributed by atoms with E-state index in [0.29, 0.717) is 6.42 Å². The molecule has 0 saturated heterocycles. The maximum atomic E-state index is 13.1. The van der Waals surface area contributed by atoms with Crippen LogP contribution < -0.4 is 0 Å². The van der Waals surface area contributed by atoms with Crippen LogP contribution in [0.4, 0.5) is 10.1 Å². The minimum atomic E-state index is -0.782. The minimum absolute atomic E-state index is 0.280. The van der Waals surface area contributed by atoms with Gasteiger partial charge in [-0.2, -0.15) is 4.39 Å². The van der Waals surface area contributed by atoms with Gasteiger partial charge in [0.15, 0.2) is 0 Å². The third-order valence-electron chi connectivity index (χ3n) is 2.27. The van der Waals surface area contributed by atoms with E-state index in [1.807, 2.05) is 0 Å². The molecule has 5 heteroatoms. The predicted molar refractivity (Wildman–Crippen MR) is 64.4 cm³/mol. The molecule has 16 heavy (non-hydrogen) atoms. The number of benzene rings is 1. The largest absolute Gasteiger partial charge is 0.305 e. The van der Waals surface area contributed by atoms with Crippen molar-refractivity contribution in [3.63, 3.8) is 0 Å². The van der Waals surface area contributed by atoms with Crippen LogP contribution in [0.3, 0.4) is 0 Å². The average Bonchev–Trinajstić information content (AvgIpc) is 2.21. The van der Waals surface area contributed by atoms with Crippen LogP contribution in [0.5, 0.6) is 0 Å². The van der Waals surface area contributed by atoms with Crippen LogP contribution in [0.15, 0.2) is 18.2 Å². The van der Waals surface area contributed by atoms with Gasteiger partial charge in [-0.3, -0.25) is 10.1 Å². The minimum Gasteiger partial charge on any atom is -0.258 e. The molecule has 1 aromatic carbocycles. The fraction of sp³-hybridized carbons (Fsp3) is 0.455. The van der Waals surface area contributed by atoms with Crippen molar-refractivity contribution < 1.29 is 9.31 Å². The second-order valence-corrected chi connectivity index (χ2v) is 4.93. The summed E-state index contributed by atoms with van der Waals surface area (Å²) in [5, 5.41) is 10.5. The van der Waals surface area contributed by atoms with Gasteiger partial charge in [-0.15, -0.1) is 0 Å². The molecule has 1 unspecified atom stereocenters. The van der Waals surface area contributed by atoms with Gasteiger partial charge in [-0.05, 0) is 24.5 Å². The molecule has 88 valence electrons. The number of nitro groups is 1. The van der Waals surface area contributed by atoms with Crippen LogP contribution >= 0.6 is 15.9 Å². The lowest BCUT2D eigenvalue weighted by Crippen LogP contribution is -2.03. The van der Waals surface area contributed by atoms with Crippen molar-refractivity contribution in [3.05, 3.63) is 39.7 Å². The Balaban J connectivity index is 2.82. The zero-order valence-corrected chi connectivity index (χ0v) is 10.5. The van der Waals surface area contributed by atoms with E-state index in [9.17, 15) is 14.5 Å². The van der Waals surface area contributed by atoms with Crippen molar-refractivity contribution in [3.8, 4) is 0 Å². The van der Waals surface area contributed by atoms with Crippen LogP contribution in [-0.2, 0) is 6.42 Å². The summed E-state index contributed by atoms with van der Waals surface area (Å²) in [6.45, 7) is 2.07. The Hall–Kier alpha value is -0.970. The lowest BCUT2D eigenvalue weighted by Gasteiger charge is -2.08. The maximum Gasteiger partial charge on any atom is 0.305 e. The molecule has 0 radical (unpaired) electrons. The number of nitro benzene ring substituents is 1. The van der Waals surface area contributed by atoms with Gasteiger partial charge in [0.25, 0.3) is 0 Å². The summed E-state index contributed by atoms with van der Waals surface area (Å²) < 4.78 is 13.1. The first-order valence-corrected chi connectivity index (χ1v) is 6.03. The van der Waals surface area contributed by atoms with E-state index in [4.69, 9.17) is 0 Å². The third-order valence-corrected chi connectivity index (χ3v) is 3.05. The standard InChI is InChI=1S/C11H13BrFNO2/c1-2-3-9(12)6-8-4-5-10(13)11(7-8)14(15)16/h4-5,7,9H,2-3,6H2,1H3. The van der Waals surface area contributed by atoms with Crippen molar-refractivity contribution in [1.82, 2.24) is 0 Å². The summed E-state index contributed by atoms with van der Waals surface area (Å²) in [6.07, 6.45) is 2.71. The molecule has 0 aliphatic rings. The van der Waals surface area contributed by atoms with Gasteiger partial charge >= 0.3 is 5.69 Å². The Morgan fingerprint density at radius 3 is 2.81 bits per heavy atom. The van der Waals surface area contributed by atoms with E-state index >= 15 is 0 Å². The van der Waals surface area contributed by atoms with Gasteiger partial charge < -0.3 is 0 Å². The van der Waals surface area contributed by atoms with E-state index in [2.05, 4.69) is 22.9 Å². The summed E-state index contributed by atoms with van der Waals surface area (Å²) in [4.78, 5) is 10.1. The molecule has 0 aliphatic heterocycles. The van der Waals surface area contributed by atoms with Crippen LogP contribution in [0.1, 0.15) is 25.3 Å². The smallest absolute Gasteiger partial charge is 0.258 e. The highest BCUT2D eigenvalue weighted by Crippen LogP contribution is 2.22. The number of halogens is 2. The second-order valence-electron chi connectivity index (χ2n) is 3.63. The van der Waals surface area contributed by atoms with E-state index in [-0.39, 0.29) is 4.83 Å². The van der Waals surface area contributed by atoms with Gasteiger partial charge in [0.2, 0.25) is 5.82 Å². The first-order chi connectivity index (χ1) is 7.54. The summed E-state index contributed by atoms with van der Waals surface area (Å²) in [6, 6.07) is 4.05. The maximum absolute atomic E-state index is 13.1. The molecule has 0 saturated carbocycles. The summed E-state index contributed by atoms with van der Waals surface area (Å²) in [5.74, 6) is -0.782. The molecule has 1 rings (SSSR count). The number of alkyl halides is 1. The molecule has 0 aromatic heterocycles. The van der Waals surface area contributed by atoms with E-state index in [0.717, 1.165) is 24.5 Å². The number of rotatable bonds is 5. The van der Waals surface area contributed by atoms with E-state index in [1.165, 1.54) is 6.07 Å². The van der Waals surface area contributed by atoms with Gasteiger partial charge in [0.05, 0.1) is 4.92 Å². The van der Waals surface area contributed by atoms with Crippen molar-refractivity contribution >= 4 is 21.6 Å². The summed E-state index contributed by atoms with van der Waals surface area (Å²) >= 11 is 3.49. The normalized spacial score (nSPS) is 12.4. The molecule has 1 atom stereocenters. The monoisotopic (exact) mass is 289 g/mol. The zero-order valence-electron chi connectivity index (χ0n) is 8.95. The summed E-state index contributed by atoms with van der Waals surface area (Å²) in [7, 11) is 0. The molecule has 0 aliphatic carbocycles. The molecular formula is C11H13BrFNO2. The first-order valence-electron chi connectivity index (χ1n) is 5.11. The molecule has 0 fully saturated rings. The topological polar surface area (TPSA) is 43.1 Å². The van der Waals surface area contributed by atoms with Crippen LogP contribution in [-0.4, -0.2) is 9.75 Å². The Bertz CT molecular complexity index is 384. The van der Waals surface area contributed by atoms with Gasteiger partial charge in [0.1, 0.15) is 0 Å². The molecule has 0 N–H and O–H groups in total. The molecule has 0 spiro atoms. The predicted octanol–water partition coefficient (Wildman–Crippen LogP) is 3.84. The fourth-order valence-corrected chi connectivity index (χ4v) is 2.33. The Morgan fingerprint density at radius 2 is 2.25 bits per heavy atom. The first kappa shape index (κ1) is 13.1. The van der Waals surface area contributed by atoms with Crippen molar-refractivity contribution in [2.75, 3.05) is 0 Å².